The Hall–Kier alpha value is -1.85. The fraction of sp³-hybridized carbons (Fsp3) is 0.545. The van der Waals surface area contributed by atoms with Gasteiger partial charge < -0.3 is 9.84 Å². The monoisotopic (exact) mass is 240 g/mol. The lowest BCUT2D eigenvalue weighted by molar-refractivity contribution is -0.147. The van der Waals surface area contributed by atoms with Gasteiger partial charge in [-0.25, -0.2) is 4.79 Å². The second kappa shape index (κ2) is 6.03. The van der Waals surface area contributed by atoms with Crippen LogP contribution < -0.4 is 0 Å². The summed E-state index contributed by atoms with van der Waals surface area (Å²) < 4.78 is 6.38. The van der Waals surface area contributed by atoms with Crippen molar-refractivity contribution in [2.45, 2.75) is 32.7 Å². The van der Waals surface area contributed by atoms with Gasteiger partial charge in [0.25, 0.3) is 0 Å². The summed E-state index contributed by atoms with van der Waals surface area (Å²) in [6.07, 6.45) is 3.47. The Morgan fingerprint density at radius 2 is 2.24 bits per heavy atom. The number of nitrogens with zero attached hydrogens (tertiary/aromatic N) is 2. The molecule has 0 spiro atoms. The standard InChI is InChI=1S/C11H16N2O4/c1-3-9(11(16)17-4-2)13-7-8(6-12-13)5-10(14)15/h6-7,9H,3-5H2,1-2H3,(H,14,15). The lowest BCUT2D eigenvalue weighted by atomic mass is 10.2. The third-order valence-electron chi connectivity index (χ3n) is 2.28. The van der Waals surface area contributed by atoms with Crippen LogP contribution in [0, 0.1) is 0 Å². The molecule has 1 N–H and O–H groups in total. The van der Waals surface area contributed by atoms with Crippen molar-refractivity contribution in [3.8, 4) is 0 Å². The maximum Gasteiger partial charge on any atom is 0.330 e. The molecule has 1 unspecified atom stereocenters. The van der Waals surface area contributed by atoms with Gasteiger partial charge in [-0.3, -0.25) is 9.48 Å². The Labute approximate surface area is 99.2 Å². The molecule has 1 aromatic heterocycles. The maximum absolute atomic E-state index is 11.6. The smallest absolute Gasteiger partial charge is 0.330 e. The van der Waals surface area contributed by atoms with E-state index in [9.17, 15) is 9.59 Å². The molecule has 1 heterocycles. The summed E-state index contributed by atoms with van der Waals surface area (Å²) in [4.78, 5) is 22.1. The molecular weight excluding hydrogens is 224 g/mol. The van der Waals surface area contributed by atoms with E-state index in [-0.39, 0.29) is 12.4 Å². The molecule has 0 aliphatic rings. The second-order valence-electron chi connectivity index (χ2n) is 3.58. The summed E-state index contributed by atoms with van der Waals surface area (Å²) in [5, 5.41) is 12.6. The van der Waals surface area contributed by atoms with E-state index in [4.69, 9.17) is 9.84 Å². The predicted octanol–water partition coefficient (Wildman–Crippen LogP) is 1.02. The molecule has 0 saturated carbocycles. The van der Waals surface area contributed by atoms with Gasteiger partial charge >= 0.3 is 11.9 Å². The number of esters is 1. The van der Waals surface area contributed by atoms with Crippen LogP contribution in [0.15, 0.2) is 12.4 Å². The average Bonchev–Trinajstić information content (AvgIpc) is 2.67. The average molecular weight is 240 g/mol. The van der Waals surface area contributed by atoms with Crippen LogP contribution in [0.2, 0.25) is 0 Å². The third-order valence-corrected chi connectivity index (χ3v) is 2.28. The van der Waals surface area contributed by atoms with Crippen LogP contribution >= 0.6 is 0 Å². The molecule has 6 heteroatoms. The summed E-state index contributed by atoms with van der Waals surface area (Å²) in [6, 6.07) is -0.488. The minimum absolute atomic E-state index is 0.0980. The van der Waals surface area contributed by atoms with Crippen molar-refractivity contribution in [3.05, 3.63) is 18.0 Å². The summed E-state index contributed by atoms with van der Waals surface area (Å²) in [5.41, 5.74) is 0.570. The molecular formula is C11H16N2O4. The van der Waals surface area contributed by atoms with Crippen LogP contribution in [0.1, 0.15) is 31.9 Å². The van der Waals surface area contributed by atoms with E-state index in [1.807, 2.05) is 6.92 Å². The topological polar surface area (TPSA) is 81.4 Å². The first-order valence-corrected chi connectivity index (χ1v) is 5.49. The number of carbonyl (C=O) groups excluding carboxylic acids is 1. The summed E-state index contributed by atoms with van der Waals surface area (Å²) in [6.45, 7) is 3.91. The first-order valence-electron chi connectivity index (χ1n) is 5.49. The molecule has 6 nitrogen and oxygen atoms in total. The summed E-state index contributed by atoms with van der Waals surface area (Å²) in [5.74, 6) is -1.27. The van der Waals surface area contributed by atoms with Gasteiger partial charge in [0, 0.05) is 11.8 Å². The first kappa shape index (κ1) is 13.2. The van der Waals surface area contributed by atoms with Crippen LogP contribution in [0.25, 0.3) is 0 Å². The van der Waals surface area contributed by atoms with E-state index >= 15 is 0 Å². The second-order valence-corrected chi connectivity index (χ2v) is 3.58. The van der Waals surface area contributed by atoms with Crippen molar-refractivity contribution in [3.63, 3.8) is 0 Å². The number of ether oxygens (including phenoxy) is 1. The normalized spacial score (nSPS) is 12.1. The van der Waals surface area contributed by atoms with Gasteiger partial charge in [0.1, 0.15) is 6.04 Å². The van der Waals surface area contributed by atoms with E-state index < -0.39 is 12.0 Å². The van der Waals surface area contributed by atoms with Gasteiger partial charge in [-0.1, -0.05) is 6.92 Å². The van der Waals surface area contributed by atoms with Crippen molar-refractivity contribution < 1.29 is 19.4 Å². The molecule has 0 aliphatic heterocycles. The third kappa shape index (κ3) is 3.58. The van der Waals surface area contributed by atoms with Crippen LogP contribution in [0.4, 0.5) is 0 Å². The molecule has 0 saturated heterocycles. The van der Waals surface area contributed by atoms with E-state index in [1.54, 1.807) is 13.1 Å². The molecule has 0 aromatic carbocycles. The molecule has 1 aromatic rings. The van der Waals surface area contributed by atoms with Crippen molar-refractivity contribution >= 4 is 11.9 Å². The highest BCUT2D eigenvalue weighted by atomic mass is 16.5. The number of carboxylic acid groups (broad SMARTS) is 1. The Morgan fingerprint density at radius 1 is 1.53 bits per heavy atom. The van der Waals surface area contributed by atoms with Crippen molar-refractivity contribution in [1.82, 2.24) is 9.78 Å². The highest BCUT2D eigenvalue weighted by Gasteiger charge is 2.20. The quantitative estimate of drug-likeness (QED) is 0.751. The highest BCUT2D eigenvalue weighted by molar-refractivity contribution is 5.74. The first-order chi connectivity index (χ1) is 8.08. The molecule has 1 rings (SSSR count). The van der Waals surface area contributed by atoms with Gasteiger partial charge in [-0.05, 0) is 13.3 Å². The number of rotatable bonds is 6. The number of carbonyl (C=O) groups is 2. The Kier molecular flexibility index (Phi) is 4.68. The number of aliphatic carboxylic acids is 1. The van der Waals surface area contributed by atoms with Gasteiger partial charge in [0.05, 0.1) is 19.2 Å². The summed E-state index contributed by atoms with van der Waals surface area (Å²) >= 11 is 0. The van der Waals surface area contributed by atoms with Crippen molar-refractivity contribution in [2.75, 3.05) is 6.61 Å². The highest BCUT2D eigenvalue weighted by Crippen LogP contribution is 2.13. The number of carboxylic acids is 1. The van der Waals surface area contributed by atoms with E-state index in [0.717, 1.165) is 0 Å². The number of hydrogen-bond acceptors (Lipinski definition) is 4. The molecule has 1 atom stereocenters. The van der Waals surface area contributed by atoms with E-state index in [2.05, 4.69) is 5.10 Å². The molecule has 0 radical (unpaired) electrons. The minimum Gasteiger partial charge on any atom is -0.481 e. The number of hydrogen-bond donors (Lipinski definition) is 1. The Balaban J connectivity index is 2.78. The Morgan fingerprint density at radius 3 is 2.76 bits per heavy atom. The fourth-order valence-electron chi connectivity index (χ4n) is 1.51. The lowest BCUT2D eigenvalue weighted by Gasteiger charge is -2.13. The minimum atomic E-state index is -0.922. The van der Waals surface area contributed by atoms with Crippen LogP contribution in [0.5, 0.6) is 0 Å². The molecule has 0 aliphatic carbocycles. The van der Waals surface area contributed by atoms with Gasteiger partial charge in [-0.2, -0.15) is 5.10 Å². The molecule has 17 heavy (non-hydrogen) atoms. The Bertz CT molecular complexity index is 400. The lowest BCUT2D eigenvalue weighted by Crippen LogP contribution is -2.21. The zero-order chi connectivity index (χ0) is 12.8. The van der Waals surface area contributed by atoms with Crippen LogP contribution in [0.3, 0.4) is 0 Å². The van der Waals surface area contributed by atoms with Crippen LogP contribution in [-0.2, 0) is 20.7 Å². The number of aromatic nitrogens is 2. The van der Waals surface area contributed by atoms with Crippen molar-refractivity contribution in [2.24, 2.45) is 0 Å². The molecule has 0 bridgehead atoms. The SMILES string of the molecule is CCOC(=O)C(CC)n1cc(CC(=O)O)cn1. The van der Waals surface area contributed by atoms with Gasteiger partial charge in [0.15, 0.2) is 0 Å². The largest absolute Gasteiger partial charge is 0.481 e. The predicted molar refractivity (Wildman–Crippen MR) is 59.5 cm³/mol. The molecule has 94 valence electrons. The maximum atomic E-state index is 11.6. The zero-order valence-electron chi connectivity index (χ0n) is 9.92. The molecule has 0 amide bonds. The summed E-state index contributed by atoms with van der Waals surface area (Å²) in [7, 11) is 0. The van der Waals surface area contributed by atoms with Crippen LogP contribution in [-0.4, -0.2) is 33.4 Å². The zero-order valence-corrected chi connectivity index (χ0v) is 9.92. The van der Waals surface area contributed by atoms with E-state index in [0.29, 0.717) is 18.6 Å². The van der Waals surface area contributed by atoms with Gasteiger partial charge in [0.2, 0.25) is 0 Å². The van der Waals surface area contributed by atoms with E-state index in [1.165, 1.54) is 10.9 Å². The van der Waals surface area contributed by atoms with Gasteiger partial charge in [-0.15, -0.1) is 0 Å². The van der Waals surface area contributed by atoms with Crippen molar-refractivity contribution in [1.29, 1.82) is 0 Å². The molecule has 0 fully saturated rings. The fourth-order valence-corrected chi connectivity index (χ4v) is 1.51.